The Morgan fingerprint density at radius 2 is 1.50 bits per heavy atom. The average molecular weight is 454 g/mol. The van der Waals surface area contributed by atoms with Crippen molar-refractivity contribution >= 4 is 5.78 Å². The average Bonchev–Trinajstić information content (AvgIpc) is 3.10. The highest BCUT2D eigenvalue weighted by Gasteiger charge is 2.28. The molecule has 34 heavy (non-hydrogen) atoms. The molecule has 4 nitrogen and oxygen atoms in total. The number of benzene rings is 3. The van der Waals surface area contributed by atoms with Crippen molar-refractivity contribution in [1.29, 1.82) is 0 Å². The molecule has 0 unspecified atom stereocenters. The van der Waals surface area contributed by atoms with Crippen molar-refractivity contribution in [1.82, 2.24) is 4.57 Å². The quantitative estimate of drug-likeness (QED) is 0.258. The van der Waals surface area contributed by atoms with Crippen LogP contribution in [0.1, 0.15) is 54.9 Å². The Labute approximate surface area is 202 Å². The number of ether oxygens (including phenoxy) is 1. The number of aromatic nitrogens is 2. The molecular formula is C30H33N2O2+. The third-order valence-corrected chi connectivity index (χ3v) is 6.24. The number of para-hydroxylation sites is 2. The Balaban J connectivity index is 0.00000133. The first kappa shape index (κ1) is 23.5. The number of fused-ring (bicyclic) bond motifs is 1. The summed E-state index contributed by atoms with van der Waals surface area (Å²) in [5.41, 5.74) is 4.77. The van der Waals surface area contributed by atoms with Crippen LogP contribution < -0.4 is 9.30 Å². The number of carbonyl (C=O) groups is 1. The van der Waals surface area contributed by atoms with E-state index in [2.05, 4.69) is 39.6 Å². The number of hydrogen-bond donors (Lipinski definition) is 0. The molecular weight excluding hydrogens is 420 g/mol. The first-order chi connectivity index (χ1) is 16.8. The summed E-state index contributed by atoms with van der Waals surface area (Å²) in [6.07, 6.45) is 6.83. The van der Waals surface area contributed by atoms with Gasteiger partial charge in [-0.25, -0.2) is 4.57 Å². The van der Waals surface area contributed by atoms with Gasteiger partial charge in [0.1, 0.15) is 6.20 Å². The summed E-state index contributed by atoms with van der Waals surface area (Å²) in [7, 11) is 1.72. The highest BCUT2D eigenvalue weighted by Crippen LogP contribution is 2.27. The number of rotatable bonds is 5. The zero-order chi connectivity index (χ0) is 23.9. The van der Waals surface area contributed by atoms with Crippen molar-refractivity contribution < 1.29 is 14.1 Å². The standard InChI is InChI=1S/C28H27N2O2.C2H6/c1-32-26-13-8-7-12-24(26)30-20-25(29-19-9-3-6-14-27(29)30)21-15-17-23(18-16-21)28(31)22-10-4-2-5-11-22;1-2/h2,4-5,7-8,10-13,15-18,20H,3,6,9,14,19H2,1H3;1-2H3/q+1;. The third kappa shape index (κ3) is 4.67. The van der Waals surface area contributed by atoms with Crippen LogP contribution in [0.2, 0.25) is 0 Å². The van der Waals surface area contributed by atoms with Crippen molar-refractivity contribution in [3.63, 3.8) is 0 Å². The normalized spacial score (nSPS) is 12.7. The van der Waals surface area contributed by atoms with E-state index in [-0.39, 0.29) is 5.78 Å². The maximum Gasteiger partial charge on any atom is 0.262 e. The van der Waals surface area contributed by atoms with Gasteiger partial charge in [-0.1, -0.05) is 68.4 Å². The molecule has 0 fully saturated rings. The van der Waals surface area contributed by atoms with Gasteiger partial charge in [0.15, 0.2) is 22.9 Å². The molecule has 174 valence electrons. The smallest absolute Gasteiger partial charge is 0.262 e. The van der Waals surface area contributed by atoms with Gasteiger partial charge < -0.3 is 4.74 Å². The number of carbonyl (C=O) groups excluding carboxylic acids is 1. The van der Waals surface area contributed by atoms with E-state index in [0.717, 1.165) is 30.0 Å². The van der Waals surface area contributed by atoms with Gasteiger partial charge >= 0.3 is 0 Å². The van der Waals surface area contributed by atoms with Crippen molar-refractivity contribution in [3.8, 4) is 22.7 Å². The highest BCUT2D eigenvalue weighted by molar-refractivity contribution is 6.09. The highest BCUT2D eigenvalue weighted by atomic mass is 16.5. The molecule has 5 rings (SSSR count). The first-order valence-electron chi connectivity index (χ1n) is 12.2. The molecule has 0 amide bonds. The first-order valence-corrected chi connectivity index (χ1v) is 12.2. The van der Waals surface area contributed by atoms with E-state index in [1.807, 2.05) is 68.4 Å². The second-order valence-electron chi connectivity index (χ2n) is 8.21. The van der Waals surface area contributed by atoms with Crippen molar-refractivity contribution in [2.75, 3.05) is 7.11 Å². The molecule has 0 saturated carbocycles. The minimum atomic E-state index is 0.0511. The van der Waals surface area contributed by atoms with Gasteiger partial charge in [0.05, 0.1) is 13.7 Å². The molecule has 0 aliphatic carbocycles. The van der Waals surface area contributed by atoms with Crippen LogP contribution in [-0.2, 0) is 13.0 Å². The van der Waals surface area contributed by atoms with Crippen molar-refractivity contribution in [2.45, 2.75) is 46.1 Å². The fraction of sp³-hybridized carbons (Fsp3) is 0.267. The van der Waals surface area contributed by atoms with Crippen LogP contribution in [0.15, 0.2) is 85.1 Å². The minimum absolute atomic E-state index is 0.0511. The number of nitrogens with zero attached hydrogens (tertiary/aromatic N) is 2. The largest absolute Gasteiger partial charge is 0.492 e. The monoisotopic (exact) mass is 453 g/mol. The van der Waals surface area contributed by atoms with E-state index in [0.29, 0.717) is 11.1 Å². The van der Waals surface area contributed by atoms with E-state index < -0.39 is 0 Å². The molecule has 4 aromatic rings. The molecule has 1 aliphatic heterocycles. The summed E-state index contributed by atoms with van der Waals surface area (Å²) in [5, 5.41) is 0. The number of methoxy groups -OCH3 is 1. The Morgan fingerprint density at radius 1 is 0.824 bits per heavy atom. The predicted molar refractivity (Wildman–Crippen MR) is 137 cm³/mol. The second kappa shape index (κ2) is 11.0. The molecule has 4 heteroatoms. The van der Waals surface area contributed by atoms with Crippen LogP contribution in [-0.4, -0.2) is 17.5 Å². The van der Waals surface area contributed by atoms with Gasteiger partial charge in [-0.2, -0.15) is 4.57 Å². The topological polar surface area (TPSA) is 35.1 Å². The van der Waals surface area contributed by atoms with Crippen molar-refractivity contribution in [3.05, 3.63) is 102 Å². The van der Waals surface area contributed by atoms with Gasteiger partial charge in [0.2, 0.25) is 0 Å². The van der Waals surface area contributed by atoms with Gasteiger partial charge in [-0.3, -0.25) is 4.79 Å². The lowest BCUT2D eigenvalue weighted by Crippen LogP contribution is -2.34. The molecule has 0 N–H and O–H groups in total. The van der Waals surface area contributed by atoms with Crippen molar-refractivity contribution in [2.24, 2.45) is 0 Å². The van der Waals surface area contributed by atoms with E-state index in [4.69, 9.17) is 4.74 Å². The second-order valence-corrected chi connectivity index (χ2v) is 8.21. The molecule has 0 spiro atoms. The summed E-state index contributed by atoms with van der Waals surface area (Å²) in [4.78, 5) is 12.8. The molecule has 0 saturated heterocycles. The predicted octanol–water partition coefficient (Wildman–Crippen LogP) is 6.42. The summed E-state index contributed by atoms with van der Waals surface area (Å²) >= 11 is 0. The Bertz CT molecular complexity index is 1240. The minimum Gasteiger partial charge on any atom is -0.492 e. The molecule has 0 atom stereocenters. The molecule has 0 radical (unpaired) electrons. The summed E-state index contributed by atoms with van der Waals surface area (Å²) < 4.78 is 10.4. The van der Waals surface area contributed by atoms with Gasteiger partial charge in [-0.15, -0.1) is 0 Å². The number of hydrogen-bond acceptors (Lipinski definition) is 2. The van der Waals surface area contributed by atoms with E-state index >= 15 is 0 Å². The summed E-state index contributed by atoms with van der Waals surface area (Å²) in [6.45, 7) is 5.00. The Hall–Kier alpha value is -3.66. The Morgan fingerprint density at radius 3 is 2.24 bits per heavy atom. The maximum absolute atomic E-state index is 12.8. The fourth-order valence-corrected chi connectivity index (χ4v) is 4.59. The zero-order valence-electron chi connectivity index (χ0n) is 20.3. The van der Waals surface area contributed by atoms with Gasteiger partial charge in [0, 0.05) is 23.1 Å². The molecule has 1 aromatic heterocycles. The van der Waals surface area contributed by atoms with Crippen LogP contribution in [0.3, 0.4) is 0 Å². The maximum atomic E-state index is 12.8. The van der Waals surface area contributed by atoms with Crippen LogP contribution in [0.4, 0.5) is 0 Å². The van der Waals surface area contributed by atoms with Crippen LogP contribution in [0.5, 0.6) is 5.75 Å². The van der Waals surface area contributed by atoms with E-state index in [1.165, 1.54) is 30.8 Å². The molecule has 1 aliphatic rings. The molecule has 0 bridgehead atoms. The zero-order valence-corrected chi connectivity index (χ0v) is 20.3. The van der Waals surface area contributed by atoms with E-state index in [1.54, 1.807) is 7.11 Å². The summed E-state index contributed by atoms with van der Waals surface area (Å²) in [6, 6.07) is 25.6. The third-order valence-electron chi connectivity index (χ3n) is 6.24. The molecule has 3 aromatic carbocycles. The fourth-order valence-electron chi connectivity index (χ4n) is 4.59. The Kier molecular flexibility index (Phi) is 7.58. The molecule has 2 heterocycles. The van der Waals surface area contributed by atoms with Gasteiger partial charge in [-0.05, 0) is 43.5 Å². The van der Waals surface area contributed by atoms with Gasteiger partial charge in [0.25, 0.3) is 5.82 Å². The lowest BCUT2D eigenvalue weighted by Gasteiger charge is -2.06. The van der Waals surface area contributed by atoms with Crippen LogP contribution >= 0.6 is 0 Å². The number of ketones is 1. The van der Waals surface area contributed by atoms with Crippen LogP contribution in [0.25, 0.3) is 16.9 Å². The lowest BCUT2D eigenvalue weighted by atomic mass is 10.0. The lowest BCUT2D eigenvalue weighted by molar-refractivity contribution is -0.604. The SMILES string of the molecule is CC.COc1ccccc1-[n+]1cc(-c2ccc(C(=O)c3ccccc3)cc2)n2c1CCCCC2. The van der Waals surface area contributed by atoms with E-state index in [9.17, 15) is 4.79 Å². The number of imidazole rings is 1. The summed E-state index contributed by atoms with van der Waals surface area (Å²) in [5.74, 6) is 2.21. The van der Waals surface area contributed by atoms with Crippen LogP contribution in [0, 0.1) is 0 Å².